The van der Waals surface area contributed by atoms with Gasteiger partial charge in [0.2, 0.25) is 0 Å². The van der Waals surface area contributed by atoms with Gasteiger partial charge in [-0.25, -0.2) is 9.97 Å². The largest absolute Gasteiger partial charge is 0.389 e. The number of nitrogens with two attached hydrogens (primary N) is 1. The van der Waals surface area contributed by atoms with Crippen molar-refractivity contribution in [3.63, 3.8) is 0 Å². The third-order valence-corrected chi connectivity index (χ3v) is 2.20. The molecule has 1 rings (SSSR count). The van der Waals surface area contributed by atoms with Crippen LogP contribution in [0.5, 0.6) is 0 Å². The van der Waals surface area contributed by atoms with Gasteiger partial charge in [0.25, 0.3) is 0 Å². The standard InChI is InChI=1S/C10H18N4O2/c1-3-8-9(11)13-6-14-10(8)12-4-7(15)5-16-2/h6-7,15H,3-5H2,1-2H3,(H3,11,12,13,14). The predicted octanol–water partition coefficient (Wildman–Crippen LogP) is 0.0404. The van der Waals surface area contributed by atoms with Crippen molar-refractivity contribution in [3.05, 3.63) is 11.9 Å². The van der Waals surface area contributed by atoms with E-state index in [1.807, 2.05) is 6.92 Å². The predicted molar refractivity (Wildman–Crippen MR) is 62.2 cm³/mol. The molecule has 0 aliphatic carbocycles. The van der Waals surface area contributed by atoms with E-state index >= 15 is 0 Å². The third-order valence-electron chi connectivity index (χ3n) is 2.20. The number of nitrogens with one attached hydrogen (secondary N) is 1. The molecule has 4 N–H and O–H groups in total. The molecular formula is C10H18N4O2. The van der Waals surface area contributed by atoms with Crippen molar-refractivity contribution in [2.75, 3.05) is 31.3 Å². The van der Waals surface area contributed by atoms with Crippen LogP contribution < -0.4 is 11.1 Å². The van der Waals surface area contributed by atoms with Gasteiger partial charge < -0.3 is 20.9 Å². The van der Waals surface area contributed by atoms with Gasteiger partial charge >= 0.3 is 0 Å². The average molecular weight is 226 g/mol. The molecule has 0 radical (unpaired) electrons. The molecule has 0 fully saturated rings. The van der Waals surface area contributed by atoms with Gasteiger partial charge in [-0.3, -0.25) is 0 Å². The highest BCUT2D eigenvalue weighted by Crippen LogP contribution is 2.17. The molecule has 1 aromatic heterocycles. The lowest BCUT2D eigenvalue weighted by atomic mass is 10.2. The number of aliphatic hydroxyl groups excluding tert-OH is 1. The number of rotatable bonds is 6. The van der Waals surface area contributed by atoms with Crippen LogP contribution in [0, 0.1) is 0 Å². The first kappa shape index (κ1) is 12.7. The van der Waals surface area contributed by atoms with Gasteiger partial charge in [-0.15, -0.1) is 0 Å². The fraction of sp³-hybridized carbons (Fsp3) is 0.600. The molecule has 1 unspecified atom stereocenters. The number of aromatic nitrogens is 2. The van der Waals surface area contributed by atoms with E-state index in [4.69, 9.17) is 10.5 Å². The molecule has 0 saturated heterocycles. The maximum Gasteiger partial charge on any atom is 0.134 e. The van der Waals surface area contributed by atoms with Gasteiger partial charge in [0.15, 0.2) is 0 Å². The van der Waals surface area contributed by atoms with Crippen molar-refractivity contribution in [1.82, 2.24) is 9.97 Å². The van der Waals surface area contributed by atoms with E-state index in [0.717, 1.165) is 12.0 Å². The van der Waals surface area contributed by atoms with Gasteiger partial charge in [0.05, 0.1) is 12.7 Å². The number of nitrogens with zero attached hydrogens (tertiary/aromatic N) is 2. The first-order chi connectivity index (χ1) is 7.69. The zero-order chi connectivity index (χ0) is 12.0. The van der Waals surface area contributed by atoms with Crippen molar-refractivity contribution >= 4 is 11.6 Å². The maximum absolute atomic E-state index is 9.48. The molecule has 6 heteroatoms. The molecule has 0 aliphatic rings. The van der Waals surface area contributed by atoms with E-state index in [2.05, 4.69) is 15.3 Å². The van der Waals surface area contributed by atoms with Crippen molar-refractivity contribution in [3.8, 4) is 0 Å². The number of aliphatic hydroxyl groups is 1. The van der Waals surface area contributed by atoms with Gasteiger partial charge in [-0.2, -0.15) is 0 Å². The quantitative estimate of drug-likeness (QED) is 0.634. The molecule has 0 bridgehead atoms. The molecule has 0 spiro atoms. The summed E-state index contributed by atoms with van der Waals surface area (Å²) in [6.07, 6.45) is 1.58. The molecule has 0 aromatic carbocycles. The Bertz CT molecular complexity index is 333. The molecule has 1 aromatic rings. The Morgan fingerprint density at radius 3 is 2.94 bits per heavy atom. The lowest BCUT2D eigenvalue weighted by Crippen LogP contribution is -2.25. The lowest BCUT2D eigenvalue weighted by molar-refractivity contribution is 0.0727. The Morgan fingerprint density at radius 2 is 2.31 bits per heavy atom. The van der Waals surface area contributed by atoms with E-state index in [1.54, 1.807) is 7.11 Å². The molecule has 90 valence electrons. The molecule has 1 heterocycles. The summed E-state index contributed by atoms with van der Waals surface area (Å²) < 4.78 is 4.82. The second-order valence-electron chi connectivity index (χ2n) is 3.43. The minimum Gasteiger partial charge on any atom is -0.389 e. The number of ether oxygens (including phenoxy) is 1. The van der Waals surface area contributed by atoms with E-state index in [9.17, 15) is 5.11 Å². The van der Waals surface area contributed by atoms with Gasteiger partial charge in [0, 0.05) is 19.2 Å². The zero-order valence-corrected chi connectivity index (χ0v) is 9.60. The van der Waals surface area contributed by atoms with Crippen LogP contribution in [0.25, 0.3) is 0 Å². The first-order valence-electron chi connectivity index (χ1n) is 5.19. The van der Waals surface area contributed by atoms with Crippen molar-refractivity contribution in [2.24, 2.45) is 0 Å². The molecule has 0 saturated carbocycles. The summed E-state index contributed by atoms with van der Waals surface area (Å²) in [7, 11) is 1.55. The summed E-state index contributed by atoms with van der Waals surface area (Å²) in [4.78, 5) is 8.00. The van der Waals surface area contributed by atoms with Gasteiger partial charge in [-0.05, 0) is 6.42 Å². The van der Waals surface area contributed by atoms with E-state index in [-0.39, 0.29) is 6.61 Å². The number of nitrogen functional groups attached to an aromatic ring is 1. The minimum absolute atomic E-state index is 0.287. The lowest BCUT2D eigenvalue weighted by Gasteiger charge is -2.14. The second-order valence-corrected chi connectivity index (χ2v) is 3.43. The van der Waals surface area contributed by atoms with Crippen LogP contribution in [0.3, 0.4) is 0 Å². The highest BCUT2D eigenvalue weighted by Gasteiger charge is 2.09. The normalized spacial score (nSPS) is 12.4. The molecule has 6 nitrogen and oxygen atoms in total. The Morgan fingerprint density at radius 1 is 1.56 bits per heavy atom. The number of anilines is 2. The fourth-order valence-electron chi connectivity index (χ4n) is 1.39. The summed E-state index contributed by atoms with van der Waals surface area (Å²) in [6.45, 7) is 2.64. The van der Waals surface area contributed by atoms with Crippen LogP contribution in [0.1, 0.15) is 12.5 Å². The molecule has 16 heavy (non-hydrogen) atoms. The van der Waals surface area contributed by atoms with Crippen LogP contribution in [-0.2, 0) is 11.2 Å². The van der Waals surface area contributed by atoms with Crippen molar-refractivity contribution in [2.45, 2.75) is 19.4 Å². The van der Waals surface area contributed by atoms with Crippen LogP contribution in [0.15, 0.2) is 6.33 Å². The highest BCUT2D eigenvalue weighted by molar-refractivity contribution is 5.54. The Hall–Kier alpha value is -1.40. The maximum atomic E-state index is 9.48. The SMILES string of the molecule is CCc1c(N)ncnc1NCC(O)COC. The Labute approximate surface area is 94.9 Å². The molecule has 1 atom stereocenters. The fourth-order valence-corrected chi connectivity index (χ4v) is 1.39. The molecule has 0 amide bonds. The van der Waals surface area contributed by atoms with Gasteiger partial charge in [-0.1, -0.05) is 6.92 Å². The number of methoxy groups -OCH3 is 1. The summed E-state index contributed by atoms with van der Waals surface area (Å²) in [5.74, 6) is 1.14. The highest BCUT2D eigenvalue weighted by atomic mass is 16.5. The van der Waals surface area contributed by atoms with Crippen LogP contribution in [0.2, 0.25) is 0 Å². The van der Waals surface area contributed by atoms with E-state index in [0.29, 0.717) is 18.2 Å². The van der Waals surface area contributed by atoms with Crippen molar-refractivity contribution < 1.29 is 9.84 Å². The third kappa shape index (κ3) is 3.32. The van der Waals surface area contributed by atoms with Crippen LogP contribution in [0.4, 0.5) is 11.6 Å². The molecular weight excluding hydrogens is 208 g/mol. The number of hydrogen-bond donors (Lipinski definition) is 3. The summed E-state index contributed by atoms with van der Waals surface area (Å²) in [5, 5.41) is 12.5. The average Bonchev–Trinajstić information content (AvgIpc) is 2.27. The van der Waals surface area contributed by atoms with E-state index < -0.39 is 6.10 Å². The van der Waals surface area contributed by atoms with Crippen LogP contribution in [-0.4, -0.2) is 41.4 Å². The smallest absolute Gasteiger partial charge is 0.134 e. The summed E-state index contributed by atoms with van der Waals surface area (Å²) >= 11 is 0. The molecule has 0 aliphatic heterocycles. The van der Waals surface area contributed by atoms with E-state index in [1.165, 1.54) is 6.33 Å². The summed E-state index contributed by atoms with van der Waals surface area (Å²) in [6, 6.07) is 0. The zero-order valence-electron chi connectivity index (χ0n) is 9.60. The monoisotopic (exact) mass is 226 g/mol. The van der Waals surface area contributed by atoms with Crippen LogP contribution >= 0.6 is 0 Å². The Kier molecular flexibility index (Phi) is 4.94. The summed E-state index contributed by atoms with van der Waals surface area (Å²) in [5.41, 5.74) is 6.59. The van der Waals surface area contributed by atoms with Gasteiger partial charge in [0.1, 0.15) is 18.0 Å². The second kappa shape index (κ2) is 6.24. The van der Waals surface area contributed by atoms with Crippen molar-refractivity contribution in [1.29, 1.82) is 0 Å². The minimum atomic E-state index is -0.564. The number of hydrogen-bond acceptors (Lipinski definition) is 6. The Balaban J connectivity index is 2.63. The topological polar surface area (TPSA) is 93.3 Å². The first-order valence-corrected chi connectivity index (χ1v) is 5.19.